The molecule has 0 bridgehead atoms. The number of anilines is 1. The maximum Gasteiger partial charge on any atom is 0.308 e. The van der Waals surface area contributed by atoms with Gasteiger partial charge < -0.3 is 15.4 Å². The minimum absolute atomic E-state index is 0.0487. The highest BCUT2D eigenvalue weighted by Gasteiger charge is 2.19. The number of ether oxygens (including phenoxy) is 1. The van der Waals surface area contributed by atoms with Gasteiger partial charge in [-0.25, -0.2) is 0 Å². The molecule has 0 heterocycles. The van der Waals surface area contributed by atoms with E-state index in [-0.39, 0.29) is 25.3 Å². The first-order chi connectivity index (χ1) is 13.5. The zero-order valence-corrected chi connectivity index (χ0v) is 15.5. The van der Waals surface area contributed by atoms with E-state index in [9.17, 15) is 14.4 Å². The fourth-order valence-corrected chi connectivity index (χ4v) is 2.38. The number of benzene rings is 2. The van der Waals surface area contributed by atoms with Crippen molar-refractivity contribution in [3.63, 3.8) is 0 Å². The molecule has 2 aromatic carbocycles. The number of rotatable bonds is 8. The lowest BCUT2D eigenvalue weighted by Gasteiger charge is -2.14. The fourth-order valence-electron chi connectivity index (χ4n) is 2.38. The summed E-state index contributed by atoms with van der Waals surface area (Å²) in [4.78, 5) is 35.8. The molecule has 0 aliphatic carbocycles. The van der Waals surface area contributed by atoms with Crippen LogP contribution in [0.5, 0.6) is 0 Å². The van der Waals surface area contributed by atoms with E-state index in [1.165, 1.54) is 6.92 Å². The van der Waals surface area contributed by atoms with Crippen molar-refractivity contribution in [2.45, 2.75) is 25.9 Å². The molecule has 2 N–H and O–H groups in total. The summed E-state index contributed by atoms with van der Waals surface area (Å²) in [5, 5.41) is 14.2. The SMILES string of the molecule is CC(OC(=O)CCNC(=O)Cc1ccccc1)C(=O)Nc1ccccc1C#N. The normalized spacial score (nSPS) is 11.0. The van der Waals surface area contributed by atoms with Crippen LogP contribution in [0.15, 0.2) is 54.6 Å². The molecule has 0 aliphatic heterocycles. The Labute approximate surface area is 163 Å². The van der Waals surface area contributed by atoms with Crippen molar-refractivity contribution in [3.05, 3.63) is 65.7 Å². The molecule has 1 unspecified atom stereocenters. The predicted octanol–water partition coefficient (Wildman–Crippen LogP) is 2.18. The van der Waals surface area contributed by atoms with Gasteiger partial charge in [0.2, 0.25) is 5.91 Å². The summed E-state index contributed by atoms with van der Waals surface area (Å²) in [5.41, 5.74) is 1.55. The second kappa shape index (κ2) is 10.5. The molecule has 0 fully saturated rings. The average Bonchev–Trinajstić information content (AvgIpc) is 2.69. The molecule has 2 aromatic rings. The number of nitriles is 1. The van der Waals surface area contributed by atoms with Gasteiger partial charge in [-0.15, -0.1) is 0 Å². The van der Waals surface area contributed by atoms with Gasteiger partial charge in [-0.1, -0.05) is 42.5 Å². The number of para-hydroxylation sites is 1. The molecule has 2 rings (SSSR count). The molecule has 28 heavy (non-hydrogen) atoms. The number of nitrogens with one attached hydrogen (secondary N) is 2. The molecule has 144 valence electrons. The Balaban J connectivity index is 1.72. The molecule has 7 nitrogen and oxygen atoms in total. The third kappa shape index (κ3) is 6.57. The fraction of sp³-hybridized carbons (Fsp3) is 0.238. The molecular weight excluding hydrogens is 358 g/mol. The van der Waals surface area contributed by atoms with Gasteiger partial charge in [0.25, 0.3) is 5.91 Å². The molecule has 0 saturated carbocycles. The van der Waals surface area contributed by atoms with Crippen LogP contribution < -0.4 is 10.6 Å². The third-order valence-electron chi connectivity index (χ3n) is 3.84. The van der Waals surface area contributed by atoms with Gasteiger partial charge in [0, 0.05) is 6.54 Å². The van der Waals surface area contributed by atoms with E-state index in [0.717, 1.165) is 5.56 Å². The number of esters is 1. The summed E-state index contributed by atoms with van der Waals surface area (Å²) in [5.74, 6) is -1.33. The minimum atomic E-state index is -1.03. The number of nitrogens with zero attached hydrogens (tertiary/aromatic N) is 1. The monoisotopic (exact) mass is 379 g/mol. The Hall–Kier alpha value is -3.66. The Morgan fingerprint density at radius 2 is 1.75 bits per heavy atom. The Bertz CT molecular complexity index is 875. The van der Waals surface area contributed by atoms with Crippen LogP contribution in [-0.2, 0) is 25.5 Å². The van der Waals surface area contributed by atoms with E-state index in [0.29, 0.717) is 11.3 Å². The molecule has 0 radical (unpaired) electrons. The van der Waals surface area contributed by atoms with E-state index in [1.807, 2.05) is 36.4 Å². The quantitative estimate of drug-likeness (QED) is 0.684. The minimum Gasteiger partial charge on any atom is -0.452 e. The van der Waals surface area contributed by atoms with Crippen molar-refractivity contribution in [1.82, 2.24) is 5.32 Å². The zero-order valence-electron chi connectivity index (χ0n) is 15.5. The van der Waals surface area contributed by atoms with Gasteiger partial charge >= 0.3 is 5.97 Å². The van der Waals surface area contributed by atoms with Gasteiger partial charge in [-0.2, -0.15) is 5.26 Å². The summed E-state index contributed by atoms with van der Waals surface area (Å²) >= 11 is 0. The molecule has 7 heteroatoms. The van der Waals surface area contributed by atoms with Gasteiger partial charge in [-0.05, 0) is 24.6 Å². The standard InChI is InChI=1S/C21H21N3O4/c1-15(21(27)24-18-10-6-5-9-17(18)14-22)28-20(26)11-12-23-19(25)13-16-7-3-2-4-8-16/h2-10,15H,11-13H2,1H3,(H,23,25)(H,24,27). The maximum atomic E-state index is 12.1. The molecule has 0 spiro atoms. The predicted molar refractivity (Wildman–Crippen MR) is 103 cm³/mol. The first-order valence-corrected chi connectivity index (χ1v) is 8.79. The average molecular weight is 379 g/mol. The summed E-state index contributed by atoms with van der Waals surface area (Å²) in [6.45, 7) is 1.56. The highest BCUT2D eigenvalue weighted by molar-refractivity contribution is 5.96. The van der Waals surface area contributed by atoms with E-state index < -0.39 is 18.0 Å². The van der Waals surface area contributed by atoms with Crippen molar-refractivity contribution in [3.8, 4) is 6.07 Å². The topological polar surface area (TPSA) is 108 Å². The number of hydrogen-bond donors (Lipinski definition) is 2. The molecule has 0 aliphatic rings. The van der Waals surface area contributed by atoms with Gasteiger partial charge in [-0.3, -0.25) is 14.4 Å². The summed E-state index contributed by atoms with van der Waals surface area (Å²) in [6.07, 6.45) is -0.848. The van der Waals surface area contributed by atoms with Crippen molar-refractivity contribution in [2.24, 2.45) is 0 Å². The largest absolute Gasteiger partial charge is 0.452 e. The van der Waals surface area contributed by atoms with Crippen molar-refractivity contribution in [2.75, 3.05) is 11.9 Å². The first-order valence-electron chi connectivity index (χ1n) is 8.79. The second-order valence-electron chi connectivity index (χ2n) is 6.04. The highest BCUT2D eigenvalue weighted by atomic mass is 16.5. The smallest absolute Gasteiger partial charge is 0.308 e. The van der Waals surface area contributed by atoms with E-state index in [2.05, 4.69) is 10.6 Å². The van der Waals surface area contributed by atoms with E-state index >= 15 is 0 Å². The number of carbonyl (C=O) groups is 3. The van der Waals surface area contributed by atoms with Crippen molar-refractivity contribution in [1.29, 1.82) is 5.26 Å². The number of carbonyl (C=O) groups excluding carboxylic acids is 3. The van der Waals surface area contributed by atoms with Crippen LogP contribution in [0.4, 0.5) is 5.69 Å². The van der Waals surface area contributed by atoms with Crippen molar-refractivity contribution < 1.29 is 19.1 Å². The molecule has 0 saturated heterocycles. The lowest BCUT2D eigenvalue weighted by molar-refractivity contribution is -0.153. The van der Waals surface area contributed by atoms with Crippen LogP contribution in [0, 0.1) is 11.3 Å². The highest BCUT2D eigenvalue weighted by Crippen LogP contribution is 2.14. The van der Waals surface area contributed by atoms with Crippen LogP contribution in [-0.4, -0.2) is 30.4 Å². The summed E-state index contributed by atoms with van der Waals surface area (Å²) < 4.78 is 5.07. The zero-order chi connectivity index (χ0) is 20.4. The van der Waals surface area contributed by atoms with E-state index in [1.54, 1.807) is 24.3 Å². The lowest BCUT2D eigenvalue weighted by atomic mass is 10.1. The van der Waals surface area contributed by atoms with Gasteiger partial charge in [0.05, 0.1) is 24.1 Å². The first kappa shape index (κ1) is 20.6. The van der Waals surface area contributed by atoms with Crippen LogP contribution in [0.1, 0.15) is 24.5 Å². The third-order valence-corrected chi connectivity index (χ3v) is 3.84. The van der Waals surface area contributed by atoms with Crippen LogP contribution in [0.3, 0.4) is 0 Å². The second-order valence-corrected chi connectivity index (χ2v) is 6.04. The molecular formula is C21H21N3O4. The van der Waals surface area contributed by atoms with Gasteiger partial charge in [0.15, 0.2) is 6.10 Å². The van der Waals surface area contributed by atoms with Crippen LogP contribution in [0.25, 0.3) is 0 Å². The molecule has 2 amide bonds. The Morgan fingerprint density at radius 1 is 1.07 bits per heavy atom. The lowest BCUT2D eigenvalue weighted by Crippen LogP contribution is -2.32. The molecule has 1 atom stereocenters. The Kier molecular flexibility index (Phi) is 7.73. The van der Waals surface area contributed by atoms with Crippen LogP contribution in [0.2, 0.25) is 0 Å². The number of hydrogen-bond acceptors (Lipinski definition) is 5. The van der Waals surface area contributed by atoms with Crippen LogP contribution >= 0.6 is 0 Å². The van der Waals surface area contributed by atoms with Gasteiger partial charge in [0.1, 0.15) is 6.07 Å². The maximum absolute atomic E-state index is 12.1. The summed E-state index contributed by atoms with van der Waals surface area (Å²) in [6, 6.07) is 17.8. The van der Waals surface area contributed by atoms with Crippen molar-refractivity contribution >= 4 is 23.5 Å². The Morgan fingerprint density at radius 3 is 2.46 bits per heavy atom. The molecule has 0 aromatic heterocycles. The summed E-state index contributed by atoms with van der Waals surface area (Å²) in [7, 11) is 0. The number of amides is 2. The van der Waals surface area contributed by atoms with E-state index in [4.69, 9.17) is 10.00 Å².